The van der Waals surface area contributed by atoms with Gasteiger partial charge < -0.3 is 15.7 Å². The van der Waals surface area contributed by atoms with E-state index in [1.807, 2.05) is 31.2 Å². The van der Waals surface area contributed by atoms with Crippen molar-refractivity contribution in [1.82, 2.24) is 21.2 Å². The van der Waals surface area contributed by atoms with E-state index in [2.05, 4.69) is 26.5 Å². The molecule has 0 aliphatic carbocycles. The molecule has 1 aliphatic rings. The molecule has 3 rings (SSSR count). The van der Waals surface area contributed by atoms with Crippen LogP contribution in [-0.4, -0.2) is 35.1 Å². The third kappa shape index (κ3) is 4.46. The summed E-state index contributed by atoms with van der Waals surface area (Å²) in [6.45, 7) is 3.13. The average molecular weight is 341 g/mol. The molecule has 1 fully saturated rings. The molecule has 1 aliphatic heterocycles. The van der Waals surface area contributed by atoms with E-state index in [0.717, 1.165) is 16.9 Å². The molecule has 25 heavy (non-hydrogen) atoms. The Balaban J connectivity index is 1.42. The van der Waals surface area contributed by atoms with Crippen molar-refractivity contribution < 1.29 is 9.90 Å². The largest absolute Gasteiger partial charge is 0.508 e. The number of hydrogen-bond acceptors (Lipinski definition) is 6. The van der Waals surface area contributed by atoms with Crippen LogP contribution in [0.2, 0.25) is 0 Å². The Morgan fingerprint density at radius 1 is 1.24 bits per heavy atom. The molecule has 0 saturated carbocycles. The Kier molecular flexibility index (Phi) is 5.47. The van der Waals surface area contributed by atoms with Crippen molar-refractivity contribution in [2.24, 2.45) is 0 Å². The van der Waals surface area contributed by atoms with E-state index in [-0.39, 0.29) is 23.7 Å². The van der Waals surface area contributed by atoms with Crippen molar-refractivity contribution >= 4 is 11.7 Å². The van der Waals surface area contributed by atoms with Crippen LogP contribution in [0.1, 0.15) is 23.6 Å². The predicted octanol–water partition coefficient (Wildman–Crippen LogP) is 1.23. The number of aromatic hydroxyl groups is 1. The number of pyridine rings is 1. The van der Waals surface area contributed by atoms with E-state index < -0.39 is 0 Å². The number of hydrazine groups is 1. The molecule has 132 valence electrons. The summed E-state index contributed by atoms with van der Waals surface area (Å²) in [6, 6.07) is 10.7. The van der Waals surface area contributed by atoms with Crippen LogP contribution in [-0.2, 0) is 4.79 Å². The number of hydrogen-bond donors (Lipinski definition) is 5. The molecule has 5 N–H and O–H groups in total. The molecule has 0 bridgehead atoms. The second-order valence-corrected chi connectivity index (χ2v) is 6.11. The molecule has 1 amide bonds. The Labute approximate surface area is 146 Å². The van der Waals surface area contributed by atoms with E-state index in [1.54, 1.807) is 18.3 Å². The van der Waals surface area contributed by atoms with Gasteiger partial charge in [0.05, 0.1) is 0 Å². The number of amides is 1. The fourth-order valence-electron chi connectivity index (χ4n) is 2.81. The Morgan fingerprint density at radius 2 is 2.04 bits per heavy atom. The standard InChI is InChI=1S/C18H23N5O2/c1-12-3-2-8-19-17(12)20-9-10-21-18(25)16-11-15(22-23-16)13-4-6-14(24)7-5-13/h2-8,15-16,22-24H,9-11H2,1H3,(H,19,20)(H,21,25). The van der Waals surface area contributed by atoms with Gasteiger partial charge in [0, 0.05) is 25.3 Å². The molecule has 1 aromatic heterocycles. The molecule has 7 nitrogen and oxygen atoms in total. The lowest BCUT2D eigenvalue weighted by Crippen LogP contribution is -2.44. The first-order valence-electron chi connectivity index (χ1n) is 8.36. The fraction of sp³-hybridized carbons (Fsp3) is 0.333. The number of aromatic nitrogens is 1. The number of phenolic OH excluding ortho intramolecular Hbond substituents is 1. The van der Waals surface area contributed by atoms with Crippen molar-refractivity contribution in [3.05, 3.63) is 53.7 Å². The Bertz CT molecular complexity index is 720. The van der Waals surface area contributed by atoms with Crippen LogP contribution in [0.15, 0.2) is 42.6 Å². The third-order valence-electron chi connectivity index (χ3n) is 4.24. The summed E-state index contributed by atoms with van der Waals surface area (Å²) in [6.07, 6.45) is 2.40. The second-order valence-electron chi connectivity index (χ2n) is 6.11. The highest BCUT2D eigenvalue weighted by Gasteiger charge is 2.29. The smallest absolute Gasteiger partial charge is 0.238 e. The average Bonchev–Trinajstić information content (AvgIpc) is 3.11. The Morgan fingerprint density at radius 3 is 2.80 bits per heavy atom. The highest BCUT2D eigenvalue weighted by Crippen LogP contribution is 2.23. The topological polar surface area (TPSA) is 98.3 Å². The summed E-state index contributed by atoms with van der Waals surface area (Å²) in [5.41, 5.74) is 8.27. The molecule has 7 heteroatoms. The minimum absolute atomic E-state index is 0.0340. The van der Waals surface area contributed by atoms with Gasteiger partial charge in [0.25, 0.3) is 0 Å². The summed E-state index contributed by atoms with van der Waals surface area (Å²) in [5, 5.41) is 15.5. The number of carbonyl (C=O) groups is 1. The third-order valence-corrected chi connectivity index (χ3v) is 4.24. The number of nitrogens with zero attached hydrogens (tertiary/aromatic N) is 1. The molecule has 2 heterocycles. The molecule has 2 aromatic rings. The maximum Gasteiger partial charge on any atom is 0.238 e. The SMILES string of the molecule is Cc1cccnc1NCCNC(=O)C1CC(c2ccc(O)cc2)NN1. The monoisotopic (exact) mass is 341 g/mol. The van der Waals surface area contributed by atoms with Gasteiger partial charge in [-0.25, -0.2) is 15.8 Å². The predicted molar refractivity (Wildman–Crippen MR) is 96.0 cm³/mol. The number of phenols is 1. The van der Waals surface area contributed by atoms with Crippen LogP contribution in [0.25, 0.3) is 0 Å². The van der Waals surface area contributed by atoms with E-state index in [0.29, 0.717) is 19.5 Å². The van der Waals surface area contributed by atoms with E-state index in [9.17, 15) is 9.90 Å². The first-order valence-corrected chi connectivity index (χ1v) is 8.36. The quantitative estimate of drug-likeness (QED) is 0.507. The van der Waals surface area contributed by atoms with Crippen LogP contribution < -0.4 is 21.5 Å². The van der Waals surface area contributed by atoms with Gasteiger partial charge in [-0.2, -0.15) is 0 Å². The van der Waals surface area contributed by atoms with E-state index in [4.69, 9.17) is 0 Å². The highest BCUT2D eigenvalue weighted by molar-refractivity contribution is 5.82. The lowest BCUT2D eigenvalue weighted by Gasteiger charge is -2.12. The number of benzene rings is 1. The lowest BCUT2D eigenvalue weighted by molar-refractivity contribution is -0.122. The summed E-state index contributed by atoms with van der Waals surface area (Å²) in [5.74, 6) is 1.04. The van der Waals surface area contributed by atoms with E-state index in [1.165, 1.54) is 0 Å². The highest BCUT2D eigenvalue weighted by atomic mass is 16.3. The van der Waals surface area contributed by atoms with Crippen LogP contribution in [0.4, 0.5) is 5.82 Å². The van der Waals surface area contributed by atoms with Crippen LogP contribution in [0, 0.1) is 6.92 Å². The summed E-state index contributed by atoms with van der Waals surface area (Å²) in [7, 11) is 0. The number of anilines is 1. The van der Waals surface area contributed by atoms with Crippen molar-refractivity contribution in [1.29, 1.82) is 0 Å². The van der Waals surface area contributed by atoms with Crippen molar-refractivity contribution in [2.45, 2.75) is 25.4 Å². The Hall–Kier alpha value is -2.64. The van der Waals surface area contributed by atoms with Gasteiger partial charge in [-0.05, 0) is 42.7 Å². The molecular formula is C18H23N5O2. The summed E-state index contributed by atoms with van der Waals surface area (Å²) >= 11 is 0. The molecular weight excluding hydrogens is 318 g/mol. The molecule has 1 aromatic carbocycles. The van der Waals surface area contributed by atoms with Crippen LogP contribution in [0.3, 0.4) is 0 Å². The van der Waals surface area contributed by atoms with Gasteiger partial charge in [0.2, 0.25) is 5.91 Å². The van der Waals surface area contributed by atoms with Crippen LogP contribution in [0.5, 0.6) is 5.75 Å². The normalized spacial score (nSPS) is 19.6. The van der Waals surface area contributed by atoms with Gasteiger partial charge in [-0.15, -0.1) is 0 Å². The molecule has 2 unspecified atom stereocenters. The van der Waals surface area contributed by atoms with Gasteiger partial charge >= 0.3 is 0 Å². The van der Waals surface area contributed by atoms with Crippen molar-refractivity contribution in [3.63, 3.8) is 0 Å². The minimum Gasteiger partial charge on any atom is -0.508 e. The number of aryl methyl sites for hydroxylation is 1. The summed E-state index contributed by atoms with van der Waals surface area (Å²) in [4.78, 5) is 16.5. The van der Waals surface area contributed by atoms with E-state index >= 15 is 0 Å². The zero-order valence-electron chi connectivity index (χ0n) is 14.1. The number of rotatable bonds is 6. The molecule has 0 radical (unpaired) electrons. The van der Waals surface area contributed by atoms with Gasteiger partial charge in [-0.1, -0.05) is 18.2 Å². The summed E-state index contributed by atoms with van der Waals surface area (Å²) < 4.78 is 0. The van der Waals surface area contributed by atoms with Gasteiger partial charge in [0.15, 0.2) is 0 Å². The first kappa shape index (κ1) is 17.2. The molecule has 2 atom stereocenters. The zero-order valence-corrected chi connectivity index (χ0v) is 14.1. The maximum atomic E-state index is 12.3. The van der Waals surface area contributed by atoms with Gasteiger partial charge in [-0.3, -0.25) is 4.79 Å². The first-order chi connectivity index (χ1) is 12.1. The molecule has 0 spiro atoms. The molecule has 1 saturated heterocycles. The fourth-order valence-corrected chi connectivity index (χ4v) is 2.81. The van der Waals surface area contributed by atoms with Crippen molar-refractivity contribution in [2.75, 3.05) is 18.4 Å². The lowest BCUT2D eigenvalue weighted by atomic mass is 10.0. The minimum atomic E-state index is -0.282. The van der Waals surface area contributed by atoms with Gasteiger partial charge in [0.1, 0.15) is 17.6 Å². The number of nitrogens with one attached hydrogen (secondary N) is 4. The maximum absolute atomic E-state index is 12.3. The zero-order chi connectivity index (χ0) is 17.6. The second kappa shape index (κ2) is 7.96. The van der Waals surface area contributed by atoms with Crippen molar-refractivity contribution in [3.8, 4) is 5.75 Å². The number of carbonyl (C=O) groups excluding carboxylic acids is 1. The van der Waals surface area contributed by atoms with Crippen LogP contribution >= 0.6 is 0 Å².